The molecule has 0 saturated heterocycles. The van der Waals surface area contributed by atoms with Gasteiger partial charge in [-0.15, -0.1) is 0 Å². The Morgan fingerprint density at radius 1 is 1.10 bits per heavy atom. The fraction of sp³-hybridized carbons (Fsp3) is 0.0400. The van der Waals surface area contributed by atoms with Crippen molar-refractivity contribution in [2.75, 3.05) is 5.32 Å². The number of benzene rings is 3. The minimum Gasteiger partial charge on any atom is -0.489 e. The Balaban J connectivity index is 1.55. The number of aromatic amines is 1. The van der Waals surface area contributed by atoms with E-state index < -0.39 is 5.91 Å². The van der Waals surface area contributed by atoms with Crippen molar-refractivity contribution < 1.29 is 9.53 Å². The van der Waals surface area contributed by atoms with Gasteiger partial charge in [-0.2, -0.15) is 5.26 Å². The first-order chi connectivity index (χ1) is 15.1. The van der Waals surface area contributed by atoms with Crippen LogP contribution in [0.1, 0.15) is 11.1 Å². The molecule has 5 nitrogen and oxygen atoms in total. The van der Waals surface area contributed by atoms with E-state index in [9.17, 15) is 10.1 Å². The van der Waals surface area contributed by atoms with E-state index in [1.54, 1.807) is 36.5 Å². The van der Waals surface area contributed by atoms with E-state index in [4.69, 9.17) is 16.3 Å². The Hall–Kier alpha value is -4.01. The Bertz CT molecular complexity index is 1290. The fourth-order valence-corrected chi connectivity index (χ4v) is 3.23. The van der Waals surface area contributed by atoms with Gasteiger partial charge in [0, 0.05) is 33.4 Å². The van der Waals surface area contributed by atoms with Crippen LogP contribution in [0.4, 0.5) is 5.69 Å². The summed E-state index contributed by atoms with van der Waals surface area (Å²) in [6.45, 7) is 0.453. The molecule has 0 fully saturated rings. The summed E-state index contributed by atoms with van der Waals surface area (Å²) in [5, 5.41) is 13.7. The molecular weight excluding hydrogens is 410 g/mol. The van der Waals surface area contributed by atoms with Crippen LogP contribution in [-0.2, 0) is 11.4 Å². The molecule has 0 atom stereocenters. The van der Waals surface area contributed by atoms with Crippen LogP contribution >= 0.6 is 11.6 Å². The zero-order valence-corrected chi connectivity index (χ0v) is 17.2. The monoisotopic (exact) mass is 427 g/mol. The van der Waals surface area contributed by atoms with Gasteiger partial charge in [0.05, 0.1) is 0 Å². The highest BCUT2D eigenvalue weighted by atomic mass is 35.5. The van der Waals surface area contributed by atoms with E-state index in [0.29, 0.717) is 23.1 Å². The number of hydrogen-bond acceptors (Lipinski definition) is 3. The van der Waals surface area contributed by atoms with Crippen LogP contribution < -0.4 is 10.1 Å². The highest BCUT2D eigenvalue weighted by molar-refractivity contribution is 6.30. The Morgan fingerprint density at radius 3 is 2.61 bits per heavy atom. The molecule has 0 aliphatic rings. The summed E-state index contributed by atoms with van der Waals surface area (Å²) in [6.07, 6.45) is 3.32. The number of fused-ring (bicyclic) bond motifs is 1. The predicted octanol–water partition coefficient (Wildman–Crippen LogP) is 5.95. The molecule has 1 amide bonds. The van der Waals surface area contributed by atoms with E-state index in [1.165, 1.54) is 0 Å². The molecule has 6 heteroatoms. The van der Waals surface area contributed by atoms with Crippen molar-refractivity contribution in [3.8, 4) is 11.8 Å². The molecule has 31 heavy (non-hydrogen) atoms. The standard InChI is InChI=1S/C25H18ClN3O2/c26-20-6-8-21(9-7-20)29-25(30)18(14-27)12-19-15-28-24-11-10-22(13-23(19)24)31-16-17-4-2-1-3-5-17/h1-13,15,28H,16H2,(H,29,30)/b18-12+. The van der Waals surface area contributed by atoms with Gasteiger partial charge in [0.15, 0.2) is 0 Å². The number of nitriles is 1. The molecule has 4 rings (SSSR count). The summed E-state index contributed by atoms with van der Waals surface area (Å²) in [4.78, 5) is 15.7. The quantitative estimate of drug-likeness (QED) is 0.295. The van der Waals surface area contributed by atoms with Crippen molar-refractivity contribution in [2.45, 2.75) is 6.61 Å². The summed E-state index contributed by atoms with van der Waals surface area (Å²) >= 11 is 5.87. The lowest BCUT2D eigenvalue weighted by Gasteiger charge is -2.07. The Morgan fingerprint density at radius 2 is 1.87 bits per heavy atom. The molecule has 152 valence electrons. The van der Waals surface area contributed by atoms with Gasteiger partial charge in [0.2, 0.25) is 0 Å². The fourth-order valence-electron chi connectivity index (χ4n) is 3.11. The third-order valence-electron chi connectivity index (χ3n) is 4.70. The average molecular weight is 428 g/mol. The molecule has 0 aliphatic carbocycles. The van der Waals surface area contributed by atoms with Crippen LogP contribution in [0.15, 0.2) is 84.6 Å². The zero-order chi connectivity index (χ0) is 21.6. The highest BCUT2D eigenvalue weighted by Gasteiger charge is 2.12. The van der Waals surface area contributed by atoms with Gasteiger partial charge in [0.1, 0.15) is 24.0 Å². The maximum atomic E-state index is 12.5. The number of nitrogens with one attached hydrogen (secondary N) is 2. The first kappa shape index (κ1) is 20.3. The lowest BCUT2D eigenvalue weighted by Crippen LogP contribution is -2.13. The Labute approximate surface area is 184 Å². The molecule has 2 N–H and O–H groups in total. The summed E-state index contributed by atoms with van der Waals surface area (Å²) in [6, 6.07) is 24.3. The number of carbonyl (C=O) groups excluding carboxylic acids is 1. The van der Waals surface area contributed by atoms with Gasteiger partial charge in [-0.1, -0.05) is 41.9 Å². The maximum Gasteiger partial charge on any atom is 0.266 e. The molecule has 0 spiro atoms. The van der Waals surface area contributed by atoms with Crippen LogP contribution in [0.25, 0.3) is 17.0 Å². The van der Waals surface area contributed by atoms with Crippen LogP contribution in [-0.4, -0.2) is 10.9 Å². The van der Waals surface area contributed by atoms with E-state index in [2.05, 4.69) is 10.3 Å². The highest BCUT2D eigenvalue weighted by Crippen LogP contribution is 2.26. The van der Waals surface area contributed by atoms with Crippen LogP contribution in [0.2, 0.25) is 5.02 Å². The van der Waals surface area contributed by atoms with Crippen LogP contribution in [0, 0.1) is 11.3 Å². The molecule has 0 radical (unpaired) electrons. The second-order valence-corrected chi connectivity index (χ2v) is 7.29. The molecular formula is C25H18ClN3O2. The first-order valence-corrected chi connectivity index (χ1v) is 9.97. The molecule has 4 aromatic rings. The molecule has 3 aromatic carbocycles. The zero-order valence-electron chi connectivity index (χ0n) is 16.4. The number of carbonyl (C=O) groups is 1. The number of nitrogens with zero attached hydrogens (tertiary/aromatic N) is 1. The minimum atomic E-state index is -0.490. The van der Waals surface area contributed by atoms with Crippen LogP contribution in [0.5, 0.6) is 5.75 Å². The SMILES string of the molecule is N#C/C(=C\c1c[nH]c2ccc(OCc3ccccc3)cc12)C(=O)Nc1ccc(Cl)cc1. The molecule has 0 saturated carbocycles. The van der Waals surface area contributed by atoms with E-state index >= 15 is 0 Å². The van der Waals surface area contributed by atoms with Crippen molar-refractivity contribution in [2.24, 2.45) is 0 Å². The van der Waals surface area contributed by atoms with Crippen LogP contribution in [0.3, 0.4) is 0 Å². The molecule has 0 bridgehead atoms. The smallest absolute Gasteiger partial charge is 0.266 e. The molecule has 1 heterocycles. The number of amides is 1. The van der Waals surface area contributed by atoms with E-state index in [0.717, 1.165) is 22.0 Å². The lowest BCUT2D eigenvalue weighted by atomic mass is 10.1. The topological polar surface area (TPSA) is 77.9 Å². The second-order valence-electron chi connectivity index (χ2n) is 6.86. The van der Waals surface area contributed by atoms with Gasteiger partial charge in [-0.05, 0) is 54.1 Å². The number of H-pyrrole nitrogens is 1. The number of hydrogen-bond donors (Lipinski definition) is 2. The van der Waals surface area contributed by atoms with Gasteiger partial charge in [-0.3, -0.25) is 4.79 Å². The number of anilines is 1. The molecule has 0 unspecified atom stereocenters. The number of halogens is 1. The third kappa shape index (κ3) is 4.95. The van der Waals surface area contributed by atoms with Gasteiger partial charge in [-0.25, -0.2) is 0 Å². The first-order valence-electron chi connectivity index (χ1n) is 9.59. The molecule has 1 aromatic heterocycles. The van der Waals surface area contributed by atoms with E-state index in [-0.39, 0.29) is 5.57 Å². The van der Waals surface area contributed by atoms with Crippen molar-refractivity contribution in [1.29, 1.82) is 5.26 Å². The summed E-state index contributed by atoms with van der Waals surface area (Å²) in [7, 11) is 0. The predicted molar refractivity (Wildman–Crippen MR) is 123 cm³/mol. The van der Waals surface area contributed by atoms with Gasteiger partial charge < -0.3 is 15.0 Å². The second kappa shape index (κ2) is 9.21. The summed E-state index contributed by atoms with van der Waals surface area (Å²) < 4.78 is 5.90. The number of ether oxygens (including phenoxy) is 1. The third-order valence-corrected chi connectivity index (χ3v) is 4.95. The number of aromatic nitrogens is 1. The van der Waals surface area contributed by atoms with Crippen molar-refractivity contribution in [3.63, 3.8) is 0 Å². The number of rotatable bonds is 6. The normalized spacial score (nSPS) is 11.2. The van der Waals surface area contributed by atoms with E-state index in [1.807, 2.05) is 54.6 Å². The minimum absolute atomic E-state index is 0.00791. The Kier molecular flexibility index (Phi) is 6.02. The van der Waals surface area contributed by atoms with Crippen molar-refractivity contribution in [1.82, 2.24) is 4.98 Å². The molecule has 0 aliphatic heterocycles. The van der Waals surface area contributed by atoms with Gasteiger partial charge >= 0.3 is 0 Å². The van der Waals surface area contributed by atoms with Crippen molar-refractivity contribution >= 4 is 40.2 Å². The largest absolute Gasteiger partial charge is 0.489 e. The van der Waals surface area contributed by atoms with Gasteiger partial charge in [0.25, 0.3) is 5.91 Å². The maximum absolute atomic E-state index is 12.5. The summed E-state index contributed by atoms with van der Waals surface area (Å²) in [5.41, 5.74) is 3.23. The van der Waals surface area contributed by atoms with Crippen molar-refractivity contribution in [3.05, 3.63) is 101 Å². The summed E-state index contributed by atoms with van der Waals surface area (Å²) in [5.74, 6) is 0.213. The average Bonchev–Trinajstić information content (AvgIpc) is 3.20. The lowest BCUT2D eigenvalue weighted by molar-refractivity contribution is -0.112.